The highest BCUT2D eigenvalue weighted by Crippen LogP contribution is 2.64. The second-order valence-corrected chi connectivity index (χ2v) is 16.1. The second kappa shape index (κ2) is 13.7. The molecule has 0 aromatic heterocycles. The van der Waals surface area contributed by atoms with Crippen LogP contribution in [0.4, 0.5) is 17.1 Å². The van der Waals surface area contributed by atoms with Crippen molar-refractivity contribution >= 4 is 27.8 Å². The molecule has 1 spiro atoms. The number of nitrogens with zero attached hydrogens (tertiary/aromatic N) is 1. The van der Waals surface area contributed by atoms with Gasteiger partial charge in [0.1, 0.15) is 0 Å². The molecule has 0 heterocycles. The first-order chi connectivity index (χ1) is 29.7. The highest BCUT2D eigenvalue weighted by Gasteiger charge is 2.52. The summed E-state index contributed by atoms with van der Waals surface area (Å²) in [6, 6.07) is 87.4. The summed E-state index contributed by atoms with van der Waals surface area (Å²) in [6.07, 6.45) is 0. The monoisotopic (exact) mass is 761 g/mol. The Labute approximate surface area is 351 Å². The summed E-state index contributed by atoms with van der Waals surface area (Å²) in [6.45, 7) is 0. The van der Waals surface area contributed by atoms with E-state index in [0.717, 1.165) is 17.1 Å². The molecule has 0 N–H and O–H groups in total. The van der Waals surface area contributed by atoms with Gasteiger partial charge in [0.25, 0.3) is 0 Å². The molecule has 0 bridgehead atoms. The molecule has 2 aliphatic carbocycles. The second-order valence-electron chi connectivity index (χ2n) is 16.1. The molecule has 1 heteroatoms. The quantitative estimate of drug-likeness (QED) is 0.163. The van der Waals surface area contributed by atoms with E-state index in [0.29, 0.717) is 0 Å². The van der Waals surface area contributed by atoms with Gasteiger partial charge in [-0.25, -0.2) is 0 Å². The summed E-state index contributed by atoms with van der Waals surface area (Å²) >= 11 is 0. The molecule has 0 aliphatic heterocycles. The van der Waals surface area contributed by atoms with Gasteiger partial charge in [0.15, 0.2) is 0 Å². The summed E-state index contributed by atoms with van der Waals surface area (Å²) in [5.74, 6) is 0. The van der Waals surface area contributed by atoms with Crippen molar-refractivity contribution in [1.29, 1.82) is 0 Å². The Morgan fingerprint density at radius 3 is 1.25 bits per heavy atom. The normalized spacial score (nSPS) is 14.4. The van der Waals surface area contributed by atoms with Gasteiger partial charge in [0, 0.05) is 17.1 Å². The van der Waals surface area contributed by atoms with Crippen LogP contribution in [0.25, 0.3) is 66.4 Å². The van der Waals surface area contributed by atoms with Crippen LogP contribution in [0.2, 0.25) is 0 Å². The van der Waals surface area contributed by atoms with Crippen molar-refractivity contribution in [2.24, 2.45) is 0 Å². The summed E-state index contributed by atoms with van der Waals surface area (Å²) in [4.78, 5) is 2.43. The maximum atomic E-state index is 2.50. The summed E-state index contributed by atoms with van der Waals surface area (Å²) in [5, 5.41) is 2.51. The fourth-order valence-corrected chi connectivity index (χ4v) is 10.1. The van der Waals surface area contributed by atoms with E-state index in [9.17, 15) is 0 Å². The van der Waals surface area contributed by atoms with Crippen LogP contribution < -0.4 is 4.90 Å². The van der Waals surface area contributed by atoms with Crippen molar-refractivity contribution in [1.82, 2.24) is 0 Å². The van der Waals surface area contributed by atoms with Crippen molar-refractivity contribution in [3.05, 3.63) is 259 Å². The van der Waals surface area contributed by atoms with Crippen molar-refractivity contribution < 1.29 is 0 Å². The van der Waals surface area contributed by atoms with Crippen molar-refractivity contribution in [2.45, 2.75) is 5.41 Å². The molecular weight excluding hydrogens is 723 g/mol. The maximum Gasteiger partial charge on any atom is 0.0726 e. The minimum absolute atomic E-state index is 0.526. The third kappa shape index (κ3) is 5.26. The average Bonchev–Trinajstić information content (AvgIpc) is 3.78. The lowest BCUT2D eigenvalue weighted by atomic mass is 9.70. The van der Waals surface area contributed by atoms with Crippen molar-refractivity contribution in [3.63, 3.8) is 0 Å². The molecule has 1 unspecified atom stereocenters. The lowest BCUT2D eigenvalue weighted by Crippen LogP contribution is -2.26. The molecule has 60 heavy (non-hydrogen) atoms. The molecule has 0 radical (unpaired) electrons. The minimum Gasteiger partial charge on any atom is -0.310 e. The molecule has 10 aromatic rings. The Balaban J connectivity index is 1.11. The van der Waals surface area contributed by atoms with Gasteiger partial charge in [-0.15, -0.1) is 0 Å². The zero-order valence-corrected chi connectivity index (χ0v) is 33.0. The Morgan fingerprint density at radius 2 is 0.633 bits per heavy atom. The molecule has 10 aromatic carbocycles. The first-order valence-corrected chi connectivity index (χ1v) is 20.8. The molecule has 0 saturated heterocycles. The number of rotatable bonds is 6. The Kier molecular flexibility index (Phi) is 7.83. The van der Waals surface area contributed by atoms with Crippen LogP contribution >= 0.6 is 0 Å². The van der Waals surface area contributed by atoms with E-state index in [-0.39, 0.29) is 0 Å². The van der Waals surface area contributed by atoms with E-state index in [1.807, 2.05) is 0 Å². The van der Waals surface area contributed by atoms with E-state index in [2.05, 4.69) is 241 Å². The molecule has 12 rings (SSSR count). The zero-order valence-electron chi connectivity index (χ0n) is 33.0. The third-order valence-electron chi connectivity index (χ3n) is 12.9. The fourth-order valence-electron chi connectivity index (χ4n) is 10.1. The number of fused-ring (bicyclic) bond motifs is 11. The topological polar surface area (TPSA) is 3.24 Å². The molecule has 280 valence electrons. The predicted octanol–water partition coefficient (Wildman–Crippen LogP) is 15.7. The van der Waals surface area contributed by atoms with Crippen LogP contribution in [0.3, 0.4) is 0 Å². The lowest BCUT2D eigenvalue weighted by molar-refractivity contribution is 0.795. The van der Waals surface area contributed by atoms with Gasteiger partial charge >= 0.3 is 0 Å². The summed E-state index contributed by atoms with van der Waals surface area (Å²) < 4.78 is 0. The van der Waals surface area contributed by atoms with Crippen LogP contribution in [0.15, 0.2) is 237 Å². The smallest absolute Gasteiger partial charge is 0.0726 e. The molecule has 2 aliphatic rings. The van der Waals surface area contributed by atoms with E-state index >= 15 is 0 Å². The third-order valence-corrected chi connectivity index (χ3v) is 12.9. The first kappa shape index (κ1) is 34.3. The van der Waals surface area contributed by atoms with Gasteiger partial charge < -0.3 is 4.90 Å². The number of anilines is 3. The van der Waals surface area contributed by atoms with Crippen molar-refractivity contribution in [2.75, 3.05) is 4.90 Å². The van der Waals surface area contributed by atoms with E-state index in [4.69, 9.17) is 0 Å². The van der Waals surface area contributed by atoms with Crippen molar-refractivity contribution in [3.8, 4) is 55.6 Å². The van der Waals surface area contributed by atoms with Gasteiger partial charge in [0.2, 0.25) is 0 Å². The summed E-state index contributed by atoms with van der Waals surface area (Å²) in [5.41, 5.74) is 20.6. The summed E-state index contributed by atoms with van der Waals surface area (Å²) in [7, 11) is 0. The highest BCUT2D eigenvalue weighted by atomic mass is 15.1. The van der Waals surface area contributed by atoms with Gasteiger partial charge in [-0.2, -0.15) is 0 Å². The van der Waals surface area contributed by atoms with E-state index < -0.39 is 5.41 Å². The predicted molar refractivity (Wildman–Crippen MR) is 251 cm³/mol. The molecule has 0 fully saturated rings. The number of hydrogen-bond donors (Lipinski definition) is 0. The van der Waals surface area contributed by atoms with Crippen LogP contribution in [0.1, 0.15) is 22.3 Å². The molecule has 1 atom stereocenters. The van der Waals surface area contributed by atoms with Gasteiger partial charge in [-0.3, -0.25) is 0 Å². The SMILES string of the molecule is c1ccc(-c2ccc(N(c3ccc(-c4ccccc4)cc3)c3ccc4c(c3)C3(c5ccccc5-c5ccc(-c6ccccc6)cc53)c3cc5ccccc5cc3-4)cc2)cc1. The lowest BCUT2D eigenvalue weighted by Gasteiger charge is -2.32. The zero-order chi connectivity index (χ0) is 39.6. The van der Waals surface area contributed by atoms with Crippen LogP contribution in [0.5, 0.6) is 0 Å². The fraction of sp³-hybridized carbons (Fsp3) is 0.0169. The Bertz CT molecular complexity index is 3140. The number of hydrogen-bond acceptors (Lipinski definition) is 1. The largest absolute Gasteiger partial charge is 0.310 e. The Morgan fingerprint density at radius 1 is 0.233 bits per heavy atom. The van der Waals surface area contributed by atoms with Gasteiger partial charge in [-0.05, 0) is 143 Å². The molecular formula is C59H39N. The van der Waals surface area contributed by atoms with Gasteiger partial charge in [-0.1, -0.05) is 182 Å². The van der Waals surface area contributed by atoms with Crippen LogP contribution in [0, 0.1) is 0 Å². The minimum atomic E-state index is -0.526. The van der Waals surface area contributed by atoms with Crippen LogP contribution in [-0.4, -0.2) is 0 Å². The average molecular weight is 762 g/mol. The number of benzene rings is 10. The first-order valence-electron chi connectivity index (χ1n) is 20.8. The van der Waals surface area contributed by atoms with E-state index in [1.54, 1.807) is 0 Å². The maximum absolute atomic E-state index is 2.50. The molecule has 1 nitrogen and oxygen atoms in total. The van der Waals surface area contributed by atoms with E-state index in [1.165, 1.54) is 88.7 Å². The molecule has 0 amide bonds. The highest BCUT2D eigenvalue weighted by molar-refractivity contribution is 6.01. The standard InChI is InChI=1S/C59H39N/c1-4-14-40(15-5-1)43-24-29-48(30-25-43)60(49-31-26-44(27-32-49)41-16-6-2-7-17-41)50-33-35-53-54-36-45-20-10-11-21-46(45)37-57(54)59(58(53)39-50)55-23-13-12-22-51(55)52-34-28-47(38-56(52)59)42-18-8-3-9-19-42/h1-39H. The Hall–Kier alpha value is -7.74. The molecule has 0 saturated carbocycles. The van der Waals surface area contributed by atoms with Gasteiger partial charge in [0.05, 0.1) is 5.41 Å². The van der Waals surface area contributed by atoms with Crippen LogP contribution in [-0.2, 0) is 5.41 Å².